The number of carbonyl (C=O) groups is 1. The van der Waals surface area contributed by atoms with E-state index in [1.54, 1.807) is 0 Å². The Morgan fingerprint density at radius 2 is 1.82 bits per heavy atom. The van der Waals surface area contributed by atoms with Crippen molar-refractivity contribution in [3.63, 3.8) is 0 Å². The third-order valence-corrected chi connectivity index (χ3v) is 3.42. The molecular formula is C15H30O2. The molecule has 0 rings (SSSR count). The zero-order valence-electron chi connectivity index (χ0n) is 12.3. The molecule has 0 spiro atoms. The van der Waals surface area contributed by atoms with Gasteiger partial charge in [-0.25, -0.2) is 0 Å². The van der Waals surface area contributed by atoms with E-state index in [0.717, 1.165) is 19.3 Å². The Morgan fingerprint density at radius 1 is 1.18 bits per heavy atom. The van der Waals surface area contributed by atoms with Crippen LogP contribution in [0.3, 0.4) is 0 Å². The van der Waals surface area contributed by atoms with E-state index < -0.39 is 0 Å². The van der Waals surface area contributed by atoms with Gasteiger partial charge in [0, 0.05) is 0 Å². The Balaban J connectivity index is 4.03. The molecule has 1 unspecified atom stereocenters. The van der Waals surface area contributed by atoms with Gasteiger partial charge in [0.15, 0.2) is 0 Å². The van der Waals surface area contributed by atoms with Crippen molar-refractivity contribution in [1.29, 1.82) is 0 Å². The van der Waals surface area contributed by atoms with Gasteiger partial charge in [0.1, 0.15) is 0 Å². The van der Waals surface area contributed by atoms with Crippen LogP contribution in [-0.2, 0) is 9.53 Å². The van der Waals surface area contributed by atoms with Gasteiger partial charge in [-0.05, 0) is 32.6 Å². The zero-order valence-corrected chi connectivity index (χ0v) is 12.3. The van der Waals surface area contributed by atoms with Crippen molar-refractivity contribution in [2.24, 2.45) is 11.3 Å². The maximum atomic E-state index is 11.9. The van der Waals surface area contributed by atoms with Crippen molar-refractivity contribution in [3.8, 4) is 0 Å². The van der Waals surface area contributed by atoms with E-state index in [9.17, 15) is 4.79 Å². The number of rotatable bonds is 9. The van der Waals surface area contributed by atoms with E-state index in [2.05, 4.69) is 20.8 Å². The van der Waals surface area contributed by atoms with Crippen LogP contribution in [0.5, 0.6) is 0 Å². The molecule has 0 aromatic rings. The summed E-state index contributed by atoms with van der Waals surface area (Å²) in [6.07, 6.45) is 6.64. The quantitative estimate of drug-likeness (QED) is 0.553. The molecule has 0 fully saturated rings. The minimum Gasteiger partial charge on any atom is -0.465 e. The molecule has 0 heterocycles. The van der Waals surface area contributed by atoms with Crippen molar-refractivity contribution < 1.29 is 9.53 Å². The van der Waals surface area contributed by atoms with Crippen LogP contribution in [0.25, 0.3) is 0 Å². The van der Waals surface area contributed by atoms with Gasteiger partial charge in [-0.1, -0.05) is 46.5 Å². The van der Waals surface area contributed by atoms with Crippen LogP contribution in [0.1, 0.15) is 73.1 Å². The van der Waals surface area contributed by atoms with Gasteiger partial charge >= 0.3 is 5.97 Å². The van der Waals surface area contributed by atoms with Crippen molar-refractivity contribution >= 4 is 5.97 Å². The Morgan fingerprint density at radius 3 is 2.29 bits per heavy atom. The summed E-state index contributed by atoms with van der Waals surface area (Å²) in [5.74, 6) is 0.505. The molecule has 0 amide bonds. The highest BCUT2D eigenvalue weighted by Crippen LogP contribution is 2.24. The third kappa shape index (κ3) is 6.70. The molecule has 0 aromatic carbocycles. The average molecular weight is 242 g/mol. The number of carbonyl (C=O) groups excluding carboxylic acids is 1. The lowest BCUT2D eigenvalue weighted by Crippen LogP contribution is -2.28. The van der Waals surface area contributed by atoms with Crippen LogP contribution >= 0.6 is 0 Å². The predicted octanol–water partition coefficient (Wildman–Crippen LogP) is 4.57. The molecule has 1 atom stereocenters. The van der Waals surface area contributed by atoms with E-state index in [-0.39, 0.29) is 11.4 Å². The van der Waals surface area contributed by atoms with Crippen LogP contribution in [0, 0.1) is 11.3 Å². The van der Waals surface area contributed by atoms with Crippen LogP contribution < -0.4 is 0 Å². The summed E-state index contributed by atoms with van der Waals surface area (Å²) in [6, 6.07) is 0. The molecule has 0 radical (unpaired) electrons. The molecule has 0 N–H and O–H groups in total. The molecule has 0 saturated heterocycles. The zero-order chi connectivity index (χ0) is 13.3. The van der Waals surface area contributed by atoms with Crippen LogP contribution in [0.4, 0.5) is 0 Å². The summed E-state index contributed by atoms with van der Waals surface area (Å²) >= 11 is 0. The molecular weight excluding hydrogens is 212 g/mol. The lowest BCUT2D eigenvalue weighted by molar-refractivity contribution is -0.155. The normalized spacial score (nSPS) is 13.5. The molecule has 0 aliphatic carbocycles. The molecule has 0 aliphatic heterocycles. The second-order valence-electron chi connectivity index (χ2n) is 5.65. The van der Waals surface area contributed by atoms with Gasteiger partial charge in [0.05, 0.1) is 12.0 Å². The standard InChI is InChI=1S/C15H30O2/c1-6-9-10-13(8-3)12-17-14(16)15(4,5)11-7-2/h13H,6-12H2,1-5H3. The SMILES string of the molecule is CCCCC(CC)COC(=O)C(C)(C)CCC. The lowest BCUT2D eigenvalue weighted by Gasteiger charge is -2.23. The van der Waals surface area contributed by atoms with Crippen molar-refractivity contribution in [2.75, 3.05) is 6.61 Å². The second kappa shape index (κ2) is 8.54. The highest BCUT2D eigenvalue weighted by atomic mass is 16.5. The van der Waals surface area contributed by atoms with Crippen molar-refractivity contribution in [1.82, 2.24) is 0 Å². The Hall–Kier alpha value is -0.530. The number of unbranched alkanes of at least 4 members (excludes halogenated alkanes) is 1. The first kappa shape index (κ1) is 16.5. The fourth-order valence-corrected chi connectivity index (χ4v) is 2.01. The highest BCUT2D eigenvalue weighted by Gasteiger charge is 2.28. The molecule has 102 valence electrons. The third-order valence-electron chi connectivity index (χ3n) is 3.42. The van der Waals surface area contributed by atoms with Gasteiger partial charge in [-0.15, -0.1) is 0 Å². The minimum atomic E-state index is -0.322. The summed E-state index contributed by atoms with van der Waals surface area (Å²) in [5.41, 5.74) is -0.322. The largest absolute Gasteiger partial charge is 0.465 e. The summed E-state index contributed by atoms with van der Waals surface area (Å²) in [5, 5.41) is 0. The maximum absolute atomic E-state index is 11.9. The molecule has 2 heteroatoms. The Kier molecular flexibility index (Phi) is 8.28. The minimum absolute atomic E-state index is 0.0331. The summed E-state index contributed by atoms with van der Waals surface area (Å²) in [4.78, 5) is 11.9. The molecule has 0 bridgehead atoms. The Labute approximate surface area is 107 Å². The van der Waals surface area contributed by atoms with Crippen LogP contribution in [-0.4, -0.2) is 12.6 Å². The van der Waals surface area contributed by atoms with Crippen LogP contribution in [0.2, 0.25) is 0 Å². The van der Waals surface area contributed by atoms with Crippen LogP contribution in [0.15, 0.2) is 0 Å². The second-order valence-corrected chi connectivity index (χ2v) is 5.65. The molecule has 0 aliphatic rings. The van der Waals surface area contributed by atoms with E-state index in [1.807, 2.05) is 13.8 Å². The first-order valence-corrected chi connectivity index (χ1v) is 7.15. The first-order chi connectivity index (χ1) is 7.97. The fraction of sp³-hybridized carbons (Fsp3) is 0.933. The number of hydrogen-bond acceptors (Lipinski definition) is 2. The maximum Gasteiger partial charge on any atom is 0.311 e. The van der Waals surface area contributed by atoms with Crippen molar-refractivity contribution in [2.45, 2.75) is 73.1 Å². The first-order valence-electron chi connectivity index (χ1n) is 7.15. The number of esters is 1. The average Bonchev–Trinajstić information content (AvgIpc) is 2.28. The fourth-order valence-electron chi connectivity index (χ4n) is 2.01. The van der Waals surface area contributed by atoms with E-state index in [4.69, 9.17) is 4.74 Å². The monoisotopic (exact) mass is 242 g/mol. The molecule has 2 nitrogen and oxygen atoms in total. The summed E-state index contributed by atoms with van der Waals surface area (Å²) in [7, 11) is 0. The van der Waals surface area contributed by atoms with Gasteiger partial charge in [-0.3, -0.25) is 4.79 Å². The van der Waals surface area contributed by atoms with E-state index in [1.165, 1.54) is 19.3 Å². The number of hydrogen-bond donors (Lipinski definition) is 0. The van der Waals surface area contributed by atoms with Gasteiger partial charge in [0.2, 0.25) is 0 Å². The molecule has 0 saturated carbocycles. The topological polar surface area (TPSA) is 26.3 Å². The van der Waals surface area contributed by atoms with Crippen molar-refractivity contribution in [3.05, 3.63) is 0 Å². The van der Waals surface area contributed by atoms with Gasteiger partial charge in [-0.2, -0.15) is 0 Å². The Bertz CT molecular complexity index is 209. The lowest BCUT2D eigenvalue weighted by atomic mass is 9.88. The van der Waals surface area contributed by atoms with E-state index >= 15 is 0 Å². The highest BCUT2D eigenvalue weighted by molar-refractivity contribution is 5.75. The summed E-state index contributed by atoms with van der Waals surface area (Å²) in [6.45, 7) is 11.0. The number of ether oxygens (including phenoxy) is 1. The predicted molar refractivity (Wildman–Crippen MR) is 73.0 cm³/mol. The van der Waals surface area contributed by atoms with Gasteiger partial charge < -0.3 is 4.74 Å². The summed E-state index contributed by atoms with van der Waals surface area (Å²) < 4.78 is 5.47. The van der Waals surface area contributed by atoms with E-state index in [0.29, 0.717) is 12.5 Å². The van der Waals surface area contributed by atoms with Gasteiger partial charge in [0.25, 0.3) is 0 Å². The molecule has 17 heavy (non-hydrogen) atoms. The smallest absolute Gasteiger partial charge is 0.311 e. The molecule has 0 aromatic heterocycles.